The summed E-state index contributed by atoms with van der Waals surface area (Å²) < 4.78 is 34.8. The number of halogens is 3. The highest BCUT2D eigenvalue weighted by Crippen LogP contribution is 2.26. The average Bonchev–Trinajstić information content (AvgIpc) is 2.63. The van der Waals surface area contributed by atoms with E-state index < -0.39 is 6.61 Å². The minimum atomic E-state index is -2.90. The smallest absolute Gasteiger partial charge is 0.387 e. The van der Waals surface area contributed by atoms with Gasteiger partial charge in [0.25, 0.3) is 0 Å². The lowest BCUT2D eigenvalue weighted by molar-refractivity contribution is -0.0505. The zero-order valence-electron chi connectivity index (χ0n) is 14.5. The van der Waals surface area contributed by atoms with E-state index in [1.165, 1.54) is 13.2 Å². The van der Waals surface area contributed by atoms with Crippen LogP contribution in [0.3, 0.4) is 0 Å². The molecule has 142 valence electrons. The predicted octanol–water partition coefficient (Wildman–Crippen LogP) is 3.78. The second-order valence-corrected chi connectivity index (χ2v) is 5.12. The first-order valence-electron chi connectivity index (χ1n) is 7.72. The topological polar surface area (TPSA) is 54.9 Å². The molecule has 0 heterocycles. The van der Waals surface area contributed by atoms with E-state index >= 15 is 0 Å². The van der Waals surface area contributed by atoms with Gasteiger partial charge in [-0.15, -0.1) is 24.0 Å². The van der Waals surface area contributed by atoms with Gasteiger partial charge in [0.15, 0.2) is 5.96 Å². The standard InChI is InChI=1S/C18H21F2N3O2.HI/c1-21-18(22-11-13-6-4-3-5-7-13)23-12-14-8-9-15(24-2)10-16(14)25-17(19)20;/h3-10,17H,11-12H2,1-2H3,(H2,21,22,23);1H. The highest BCUT2D eigenvalue weighted by molar-refractivity contribution is 14.0. The second-order valence-electron chi connectivity index (χ2n) is 5.12. The van der Waals surface area contributed by atoms with Crippen LogP contribution in [0.4, 0.5) is 8.78 Å². The molecule has 2 aromatic carbocycles. The van der Waals surface area contributed by atoms with Crippen LogP contribution in [0.5, 0.6) is 11.5 Å². The summed E-state index contributed by atoms with van der Waals surface area (Å²) in [4.78, 5) is 4.12. The summed E-state index contributed by atoms with van der Waals surface area (Å²) in [6, 6.07) is 14.7. The van der Waals surface area contributed by atoms with Gasteiger partial charge in [0, 0.05) is 31.8 Å². The molecule has 0 fully saturated rings. The first kappa shape index (κ1) is 21.9. The molecule has 0 aliphatic rings. The molecule has 0 spiro atoms. The van der Waals surface area contributed by atoms with Crippen molar-refractivity contribution in [3.63, 3.8) is 0 Å². The Morgan fingerprint density at radius 2 is 1.77 bits per heavy atom. The Balaban J connectivity index is 0.00000338. The molecule has 8 heteroatoms. The third-order valence-electron chi connectivity index (χ3n) is 3.46. The lowest BCUT2D eigenvalue weighted by atomic mass is 10.2. The highest BCUT2D eigenvalue weighted by atomic mass is 127. The maximum absolute atomic E-state index is 12.6. The highest BCUT2D eigenvalue weighted by Gasteiger charge is 2.11. The largest absolute Gasteiger partial charge is 0.497 e. The first-order chi connectivity index (χ1) is 12.1. The van der Waals surface area contributed by atoms with Crippen LogP contribution in [0.15, 0.2) is 53.5 Å². The van der Waals surface area contributed by atoms with Gasteiger partial charge in [0.05, 0.1) is 7.11 Å². The zero-order chi connectivity index (χ0) is 18.1. The van der Waals surface area contributed by atoms with Crippen LogP contribution in [0.2, 0.25) is 0 Å². The van der Waals surface area contributed by atoms with Crippen molar-refractivity contribution in [1.82, 2.24) is 10.6 Å². The Hall–Kier alpha value is -2.10. The fraction of sp³-hybridized carbons (Fsp3) is 0.278. The fourth-order valence-corrected chi connectivity index (χ4v) is 2.19. The maximum Gasteiger partial charge on any atom is 0.387 e. The van der Waals surface area contributed by atoms with Crippen LogP contribution < -0.4 is 20.1 Å². The number of nitrogens with zero attached hydrogens (tertiary/aromatic N) is 1. The Morgan fingerprint density at radius 1 is 1.08 bits per heavy atom. The second kappa shape index (κ2) is 11.5. The molecule has 0 bridgehead atoms. The molecule has 0 aliphatic heterocycles. The molecule has 26 heavy (non-hydrogen) atoms. The van der Waals surface area contributed by atoms with E-state index in [4.69, 9.17) is 4.74 Å². The summed E-state index contributed by atoms with van der Waals surface area (Å²) in [7, 11) is 3.11. The molecule has 5 nitrogen and oxygen atoms in total. The molecule has 0 saturated heterocycles. The van der Waals surface area contributed by atoms with E-state index in [1.807, 2.05) is 30.3 Å². The molecule has 2 aromatic rings. The molecular weight excluding hydrogens is 455 g/mol. The van der Waals surface area contributed by atoms with Crippen molar-refractivity contribution in [2.75, 3.05) is 14.2 Å². The summed E-state index contributed by atoms with van der Waals surface area (Å²) in [5.74, 6) is 1.08. The number of aliphatic imine (C=N–C) groups is 1. The summed E-state index contributed by atoms with van der Waals surface area (Å²) in [5.41, 5.74) is 1.68. The van der Waals surface area contributed by atoms with E-state index in [0.29, 0.717) is 23.8 Å². The molecule has 0 saturated carbocycles. The van der Waals surface area contributed by atoms with Crippen LogP contribution in [-0.4, -0.2) is 26.7 Å². The van der Waals surface area contributed by atoms with Crippen molar-refractivity contribution >= 4 is 29.9 Å². The molecule has 0 unspecified atom stereocenters. The van der Waals surface area contributed by atoms with E-state index in [0.717, 1.165) is 5.56 Å². The Bertz CT molecular complexity index is 700. The normalized spacial score (nSPS) is 10.9. The molecule has 0 radical (unpaired) electrons. The third kappa shape index (κ3) is 7.03. The van der Waals surface area contributed by atoms with Gasteiger partial charge >= 0.3 is 6.61 Å². The number of guanidine groups is 1. The van der Waals surface area contributed by atoms with Crippen molar-refractivity contribution < 1.29 is 18.3 Å². The van der Waals surface area contributed by atoms with Gasteiger partial charge in [-0.05, 0) is 17.7 Å². The van der Waals surface area contributed by atoms with E-state index in [9.17, 15) is 8.78 Å². The minimum absolute atomic E-state index is 0. The van der Waals surface area contributed by atoms with Crippen LogP contribution >= 0.6 is 24.0 Å². The predicted molar refractivity (Wildman–Crippen MR) is 109 cm³/mol. The van der Waals surface area contributed by atoms with Crippen molar-refractivity contribution in [2.24, 2.45) is 4.99 Å². The van der Waals surface area contributed by atoms with Gasteiger partial charge in [-0.25, -0.2) is 0 Å². The summed E-state index contributed by atoms with van der Waals surface area (Å²) in [5, 5.41) is 6.24. The van der Waals surface area contributed by atoms with E-state index in [1.54, 1.807) is 19.2 Å². The van der Waals surface area contributed by atoms with Gasteiger partial charge in [-0.3, -0.25) is 4.99 Å². The fourth-order valence-electron chi connectivity index (χ4n) is 2.19. The molecular formula is C18H22F2IN3O2. The quantitative estimate of drug-likeness (QED) is 0.362. The number of rotatable bonds is 7. The average molecular weight is 477 g/mol. The molecule has 0 amide bonds. The van der Waals surface area contributed by atoms with Crippen LogP contribution in [-0.2, 0) is 13.1 Å². The zero-order valence-corrected chi connectivity index (χ0v) is 16.9. The van der Waals surface area contributed by atoms with Crippen molar-refractivity contribution in [2.45, 2.75) is 19.7 Å². The number of nitrogens with one attached hydrogen (secondary N) is 2. The molecule has 0 aliphatic carbocycles. The van der Waals surface area contributed by atoms with Crippen LogP contribution in [0.25, 0.3) is 0 Å². The number of benzene rings is 2. The van der Waals surface area contributed by atoms with E-state index in [-0.39, 0.29) is 36.3 Å². The lowest BCUT2D eigenvalue weighted by Gasteiger charge is -2.15. The van der Waals surface area contributed by atoms with Gasteiger partial charge < -0.3 is 20.1 Å². The molecule has 0 aromatic heterocycles. The molecule has 2 rings (SSSR count). The number of methoxy groups -OCH3 is 1. The SMILES string of the molecule is CN=C(NCc1ccccc1)NCc1ccc(OC)cc1OC(F)F.I. The van der Waals surface area contributed by atoms with Crippen molar-refractivity contribution in [3.8, 4) is 11.5 Å². The number of alkyl halides is 2. The van der Waals surface area contributed by atoms with Crippen molar-refractivity contribution in [3.05, 3.63) is 59.7 Å². The summed E-state index contributed by atoms with van der Waals surface area (Å²) >= 11 is 0. The minimum Gasteiger partial charge on any atom is -0.497 e. The number of hydrogen-bond donors (Lipinski definition) is 2. The van der Waals surface area contributed by atoms with Gasteiger partial charge in [0.2, 0.25) is 0 Å². The summed E-state index contributed by atoms with van der Waals surface area (Å²) in [6.07, 6.45) is 0. The van der Waals surface area contributed by atoms with Gasteiger partial charge in [-0.1, -0.05) is 30.3 Å². The van der Waals surface area contributed by atoms with Gasteiger partial charge in [-0.2, -0.15) is 8.78 Å². The lowest BCUT2D eigenvalue weighted by Crippen LogP contribution is -2.36. The third-order valence-corrected chi connectivity index (χ3v) is 3.46. The maximum atomic E-state index is 12.6. The first-order valence-corrected chi connectivity index (χ1v) is 7.72. The number of ether oxygens (including phenoxy) is 2. The molecule has 0 atom stereocenters. The Kier molecular flexibility index (Phi) is 9.71. The van der Waals surface area contributed by atoms with Crippen LogP contribution in [0, 0.1) is 0 Å². The Labute approximate surface area is 168 Å². The monoisotopic (exact) mass is 477 g/mol. The number of hydrogen-bond acceptors (Lipinski definition) is 3. The van der Waals surface area contributed by atoms with Crippen LogP contribution in [0.1, 0.15) is 11.1 Å². The van der Waals surface area contributed by atoms with Crippen molar-refractivity contribution in [1.29, 1.82) is 0 Å². The van der Waals surface area contributed by atoms with E-state index in [2.05, 4.69) is 20.4 Å². The summed E-state index contributed by atoms with van der Waals surface area (Å²) in [6.45, 7) is -2.02. The van der Waals surface area contributed by atoms with Gasteiger partial charge in [0.1, 0.15) is 11.5 Å². The Morgan fingerprint density at radius 3 is 2.38 bits per heavy atom. The molecule has 2 N–H and O–H groups in total.